The molecule has 0 N–H and O–H groups in total. The van der Waals surface area contributed by atoms with E-state index in [2.05, 4.69) is 46.8 Å². The maximum atomic E-state index is 12.6. The number of carbonyl (C=O) groups is 2. The summed E-state index contributed by atoms with van der Waals surface area (Å²) >= 11 is 0. The molecule has 1 aliphatic heterocycles. The zero-order chi connectivity index (χ0) is 34.3. The van der Waals surface area contributed by atoms with Crippen LogP contribution in [0.3, 0.4) is 0 Å². The number of cyclic esters (lactones) is 1. The fourth-order valence-corrected chi connectivity index (χ4v) is 6.00. The molecule has 0 saturated heterocycles. The lowest BCUT2D eigenvalue weighted by Crippen LogP contribution is -2.06. The highest BCUT2D eigenvalue weighted by Gasteiger charge is 2.30. The first-order valence-corrected chi connectivity index (χ1v) is 18.9. The van der Waals surface area contributed by atoms with Gasteiger partial charge in [-0.25, -0.2) is 4.79 Å². The fourth-order valence-electron chi connectivity index (χ4n) is 6.00. The SMILES string of the molecule is CCC(C)CCCCCCCCCCCCC(=O)OC1=C(C)C(=O)OC1=CC(C)CCCC(C)=CCCC(C)=CCCc1ccoc1. The molecule has 2 heterocycles. The second kappa shape index (κ2) is 24.3. The molecule has 1 aliphatic rings. The third kappa shape index (κ3) is 18.3. The highest BCUT2D eigenvalue weighted by Crippen LogP contribution is 2.30. The number of hydrogen-bond donors (Lipinski definition) is 0. The number of ether oxygens (including phenoxy) is 2. The Balaban J connectivity index is 1.60. The van der Waals surface area contributed by atoms with Gasteiger partial charge in [-0.15, -0.1) is 0 Å². The van der Waals surface area contributed by atoms with Crippen LogP contribution in [0.4, 0.5) is 0 Å². The Hall–Kier alpha value is -2.82. The zero-order valence-corrected chi connectivity index (χ0v) is 30.8. The first-order valence-electron chi connectivity index (χ1n) is 18.9. The quantitative estimate of drug-likeness (QED) is 0.0567. The first-order chi connectivity index (χ1) is 22.7. The zero-order valence-electron chi connectivity index (χ0n) is 30.8. The number of allylic oxidation sites excluding steroid dienone is 5. The Bertz CT molecular complexity index is 1150. The molecule has 5 nitrogen and oxygen atoms in total. The second-order valence-electron chi connectivity index (χ2n) is 14.1. The summed E-state index contributed by atoms with van der Waals surface area (Å²) in [7, 11) is 0. The van der Waals surface area contributed by atoms with Crippen LogP contribution in [0.5, 0.6) is 0 Å². The van der Waals surface area contributed by atoms with Crippen LogP contribution in [0.25, 0.3) is 0 Å². The normalized spacial score (nSPS) is 16.2. The molecule has 1 aromatic rings. The Morgan fingerprint density at radius 2 is 1.47 bits per heavy atom. The van der Waals surface area contributed by atoms with Gasteiger partial charge in [-0.1, -0.05) is 115 Å². The lowest BCUT2D eigenvalue weighted by Gasteiger charge is -2.11. The monoisotopic (exact) mass is 650 g/mol. The van der Waals surface area contributed by atoms with Crippen molar-refractivity contribution in [2.75, 3.05) is 0 Å². The molecule has 0 amide bonds. The third-order valence-corrected chi connectivity index (χ3v) is 9.52. The number of carbonyl (C=O) groups excluding carboxylic acids is 2. The van der Waals surface area contributed by atoms with Crippen LogP contribution in [0, 0.1) is 11.8 Å². The fraction of sp³-hybridized carbons (Fsp3) is 0.667. The van der Waals surface area contributed by atoms with Crippen LogP contribution in [0.15, 0.2) is 69.5 Å². The van der Waals surface area contributed by atoms with Gasteiger partial charge in [0, 0.05) is 6.42 Å². The molecular weight excluding hydrogens is 584 g/mol. The van der Waals surface area contributed by atoms with Gasteiger partial charge in [-0.3, -0.25) is 4.79 Å². The minimum absolute atomic E-state index is 0.204. The van der Waals surface area contributed by atoms with Crippen LogP contribution < -0.4 is 0 Å². The molecule has 0 radical (unpaired) electrons. The molecule has 0 spiro atoms. The number of furan rings is 1. The van der Waals surface area contributed by atoms with Crippen LogP contribution in [0.1, 0.15) is 169 Å². The predicted octanol–water partition coefficient (Wildman–Crippen LogP) is 12.7. The summed E-state index contributed by atoms with van der Waals surface area (Å²) in [6, 6.07) is 2.03. The van der Waals surface area contributed by atoms with E-state index in [1.807, 2.05) is 18.4 Å². The first kappa shape index (κ1) is 40.4. The molecule has 2 rings (SSSR count). The van der Waals surface area contributed by atoms with E-state index in [0.29, 0.717) is 23.5 Å². The van der Waals surface area contributed by atoms with Gasteiger partial charge in [0.05, 0.1) is 18.1 Å². The van der Waals surface area contributed by atoms with Gasteiger partial charge in [0.1, 0.15) is 0 Å². The summed E-state index contributed by atoms with van der Waals surface area (Å²) < 4.78 is 16.3. The highest BCUT2D eigenvalue weighted by atomic mass is 16.6. The van der Waals surface area contributed by atoms with Gasteiger partial charge in [0.25, 0.3) is 0 Å². The van der Waals surface area contributed by atoms with Crippen LogP contribution in [-0.2, 0) is 25.5 Å². The second-order valence-corrected chi connectivity index (χ2v) is 14.1. The van der Waals surface area contributed by atoms with Crippen molar-refractivity contribution in [2.24, 2.45) is 11.8 Å². The Labute approximate surface area is 287 Å². The van der Waals surface area contributed by atoms with Crippen molar-refractivity contribution in [3.05, 3.63) is 70.6 Å². The van der Waals surface area contributed by atoms with Crippen molar-refractivity contribution in [1.82, 2.24) is 0 Å². The van der Waals surface area contributed by atoms with Gasteiger partial charge in [0.2, 0.25) is 0 Å². The van der Waals surface area contributed by atoms with Gasteiger partial charge >= 0.3 is 11.9 Å². The summed E-state index contributed by atoms with van der Waals surface area (Å²) in [6.07, 6.45) is 32.8. The van der Waals surface area contributed by atoms with Gasteiger partial charge < -0.3 is 13.9 Å². The number of rotatable bonds is 26. The minimum atomic E-state index is -0.425. The third-order valence-electron chi connectivity index (χ3n) is 9.52. The molecular formula is C42H66O5. The van der Waals surface area contributed by atoms with Crippen molar-refractivity contribution in [3.63, 3.8) is 0 Å². The average molecular weight is 651 g/mol. The molecule has 0 fully saturated rings. The van der Waals surface area contributed by atoms with Crippen molar-refractivity contribution >= 4 is 11.9 Å². The molecule has 5 heteroatoms. The van der Waals surface area contributed by atoms with Gasteiger partial charge in [0.15, 0.2) is 11.5 Å². The molecule has 2 unspecified atom stereocenters. The van der Waals surface area contributed by atoms with E-state index >= 15 is 0 Å². The number of unbranched alkanes of at least 4 members (excludes halogenated alkanes) is 9. The standard InChI is InChI=1S/C42H66O5/c1-7-33(2)21-16-14-12-10-8-9-11-13-15-17-28-40(43)47-41-37(6)42(44)46-39(41)31-36(5)26-19-24-34(3)22-18-23-35(4)25-20-27-38-29-30-45-32-38/h22,25,29-33,36H,7-21,23-24,26-28H2,1-6H3. The Morgan fingerprint density at radius 1 is 0.830 bits per heavy atom. The molecule has 264 valence electrons. The van der Waals surface area contributed by atoms with E-state index in [4.69, 9.17) is 13.9 Å². The van der Waals surface area contributed by atoms with Crippen LogP contribution in [0.2, 0.25) is 0 Å². The van der Waals surface area contributed by atoms with Crippen LogP contribution >= 0.6 is 0 Å². The summed E-state index contributed by atoms with van der Waals surface area (Å²) in [5.74, 6) is 1.08. The number of aryl methyl sites for hydroxylation is 1. The van der Waals surface area contributed by atoms with E-state index in [0.717, 1.165) is 70.1 Å². The van der Waals surface area contributed by atoms with E-state index in [-0.39, 0.29) is 11.9 Å². The maximum absolute atomic E-state index is 12.6. The van der Waals surface area contributed by atoms with Crippen molar-refractivity contribution in [3.8, 4) is 0 Å². The molecule has 0 bridgehead atoms. The number of esters is 2. The van der Waals surface area contributed by atoms with E-state index in [1.165, 1.54) is 74.5 Å². The lowest BCUT2D eigenvalue weighted by atomic mass is 9.99. The summed E-state index contributed by atoms with van der Waals surface area (Å²) in [4.78, 5) is 24.9. The Kier molecular flexibility index (Phi) is 20.9. The molecule has 47 heavy (non-hydrogen) atoms. The predicted molar refractivity (Wildman–Crippen MR) is 195 cm³/mol. The molecule has 0 aromatic carbocycles. The topological polar surface area (TPSA) is 65.7 Å². The molecule has 0 saturated carbocycles. The van der Waals surface area contributed by atoms with Gasteiger partial charge in [-0.05, 0) is 102 Å². The van der Waals surface area contributed by atoms with Gasteiger partial charge in [-0.2, -0.15) is 0 Å². The van der Waals surface area contributed by atoms with E-state index in [1.54, 1.807) is 13.2 Å². The van der Waals surface area contributed by atoms with Crippen molar-refractivity contribution in [1.29, 1.82) is 0 Å². The van der Waals surface area contributed by atoms with E-state index < -0.39 is 5.97 Å². The summed E-state index contributed by atoms with van der Waals surface area (Å²) in [5, 5.41) is 0. The van der Waals surface area contributed by atoms with E-state index in [9.17, 15) is 9.59 Å². The van der Waals surface area contributed by atoms with Crippen molar-refractivity contribution in [2.45, 2.75) is 170 Å². The molecule has 1 aromatic heterocycles. The minimum Gasteiger partial charge on any atom is -0.472 e. The average Bonchev–Trinajstić information content (AvgIpc) is 3.65. The maximum Gasteiger partial charge on any atom is 0.343 e. The Morgan fingerprint density at radius 3 is 2.13 bits per heavy atom. The summed E-state index contributed by atoms with van der Waals surface area (Å²) in [6.45, 7) is 12.9. The highest BCUT2D eigenvalue weighted by molar-refractivity contribution is 5.94. The van der Waals surface area contributed by atoms with Crippen molar-refractivity contribution < 1.29 is 23.5 Å². The molecule has 0 aliphatic carbocycles. The number of hydrogen-bond acceptors (Lipinski definition) is 5. The van der Waals surface area contributed by atoms with Crippen LogP contribution in [-0.4, -0.2) is 11.9 Å². The smallest absolute Gasteiger partial charge is 0.343 e. The lowest BCUT2D eigenvalue weighted by molar-refractivity contribution is -0.140. The summed E-state index contributed by atoms with van der Waals surface area (Å²) in [5.41, 5.74) is 4.47. The largest absolute Gasteiger partial charge is 0.472 e. The molecule has 2 atom stereocenters.